The molecule has 42 heavy (non-hydrogen) atoms. The Morgan fingerprint density at radius 2 is 1.98 bits per heavy atom. The average molecular weight is 588 g/mol. The van der Waals surface area contributed by atoms with E-state index in [1.807, 2.05) is 66.6 Å². The van der Waals surface area contributed by atoms with Crippen LogP contribution in [0.5, 0.6) is 0 Å². The van der Waals surface area contributed by atoms with Crippen LogP contribution in [0.3, 0.4) is 0 Å². The molecule has 6 rings (SSSR count). The van der Waals surface area contributed by atoms with E-state index in [-0.39, 0.29) is 13.0 Å². The molecule has 1 fully saturated rings. The zero-order valence-corrected chi connectivity index (χ0v) is 24.1. The van der Waals surface area contributed by atoms with Crippen LogP contribution in [0.1, 0.15) is 37.3 Å². The number of nitrogens with one attached hydrogen (secondary N) is 1. The van der Waals surface area contributed by atoms with Crippen LogP contribution in [0.4, 0.5) is 11.6 Å². The lowest BCUT2D eigenvalue weighted by atomic mass is 9.99. The molecule has 4 aromatic heterocycles. The number of aromatic nitrogens is 7. The summed E-state index contributed by atoms with van der Waals surface area (Å²) >= 11 is 0. The van der Waals surface area contributed by atoms with Crippen LogP contribution in [0.2, 0.25) is 0 Å². The maximum atomic E-state index is 14.0. The van der Waals surface area contributed by atoms with E-state index in [1.165, 1.54) is 6.33 Å². The molecule has 1 saturated heterocycles. The summed E-state index contributed by atoms with van der Waals surface area (Å²) in [5.41, 5.74) is 3.44. The Morgan fingerprint density at radius 3 is 2.74 bits per heavy atom. The first-order valence-corrected chi connectivity index (χ1v) is 15.6. The van der Waals surface area contributed by atoms with Gasteiger partial charge in [0.25, 0.3) is 10.0 Å². The van der Waals surface area contributed by atoms with Crippen LogP contribution >= 0.6 is 0 Å². The molecule has 0 radical (unpaired) electrons. The largest absolute Gasteiger partial charge is 0.396 e. The standard InChI is InChI=1S/C29H33N9O3S/c1-2-22-19-33-38-26(31-18-21-8-6-13-30-17-21)16-27(34-29(22)38)36-14-7-11-25(24(36)12-15-39)42(40,41)37-20-32-28(35-37)23-9-4-3-5-10-23/h3-6,8-10,13,16-17,19-20,24-25,31,39H,2,7,11-12,14-15,18H2,1H3. The molecular formula is C29H33N9O3S. The van der Waals surface area contributed by atoms with Crippen LogP contribution in [0.25, 0.3) is 17.0 Å². The zero-order valence-electron chi connectivity index (χ0n) is 23.3. The first-order chi connectivity index (χ1) is 20.5. The Morgan fingerprint density at radius 1 is 1.12 bits per heavy atom. The van der Waals surface area contributed by atoms with Gasteiger partial charge in [-0.2, -0.15) is 9.61 Å². The maximum Gasteiger partial charge on any atom is 0.260 e. The molecule has 218 valence electrons. The fourth-order valence-electron chi connectivity index (χ4n) is 5.57. The van der Waals surface area contributed by atoms with E-state index in [0.717, 1.165) is 33.0 Å². The number of hydrogen-bond donors (Lipinski definition) is 2. The monoisotopic (exact) mass is 587 g/mol. The van der Waals surface area contributed by atoms with Gasteiger partial charge >= 0.3 is 0 Å². The number of hydrogen-bond acceptors (Lipinski definition) is 10. The van der Waals surface area contributed by atoms with Gasteiger partial charge in [0.05, 0.1) is 12.2 Å². The number of aliphatic hydroxyl groups is 1. The molecule has 1 aromatic carbocycles. The number of rotatable bonds is 10. The smallest absolute Gasteiger partial charge is 0.260 e. The highest BCUT2D eigenvalue weighted by Gasteiger charge is 2.42. The minimum absolute atomic E-state index is 0.166. The quantitative estimate of drug-likeness (QED) is 0.250. The number of anilines is 2. The van der Waals surface area contributed by atoms with Gasteiger partial charge in [0.15, 0.2) is 11.5 Å². The highest BCUT2D eigenvalue weighted by atomic mass is 32.2. The first-order valence-electron chi connectivity index (χ1n) is 14.1. The molecule has 1 aliphatic rings. The lowest BCUT2D eigenvalue weighted by Gasteiger charge is -2.41. The van der Waals surface area contributed by atoms with Crippen molar-refractivity contribution in [2.45, 2.75) is 50.4 Å². The molecule has 0 aliphatic carbocycles. The third kappa shape index (κ3) is 5.32. The number of nitrogens with zero attached hydrogens (tertiary/aromatic N) is 8. The van der Waals surface area contributed by atoms with E-state index < -0.39 is 21.3 Å². The predicted octanol–water partition coefficient (Wildman–Crippen LogP) is 3.16. The molecule has 5 aromatic rings. The van der Waals surface area contributed by atoms with Crippen molar-refractivity contribution in [3.63, 3.8) is 0 Å². The molecule has 13 heteroatoms. The highest BCUT2D eigenvalue weighted by molar-refractivity contribution is 7.90. The molecule has 5 heterocycles. The van der Waals surface area contributed by atoms with Gasteiger partial charge < -0.3 is 15.3 Å². The Balaban J connectivity index is 1.36. The number of benzene rings is 1. The van der Waals surface area contributed by atoms with Crippen molar-refractivity contribution in [1.82, 2.24) is 33.8 Å². The molecule has 0 saturated carbocycles. The molecule has 0 bridgehead atoms. The van der Waals surface area contributed by atoms with Gasteiger partial charge in [-0.3, -0.25) is 4.98 Å². The minimum Gasteiger partial charge on any atom is -0.396 e. The SMILES string of the molecule is CCc1cnn2c(NCc3cccnc3)cc(N3CCCC(S(=O)(=O)n4cnc(-c5ccccc5)n4)C3CCO)nc12. The Kier molecular flexibility index (Phi) is 7.85. The van der Waals surface area contributed by atoms with Crippen molar-refractivity contribution in [2.24, 2.45) is 0 Å². The van der Waals surface area contributed by atoms with E-state index in [9.17, 15) is 13.5 Å². The van der Waals surface area contributed by atoms with Crippen LogP contribution in [0.15, 0.2) is 73.4 Å². The second-order valence-corrected chi connectivity index (χ2v) is 12.3. The Hall–Kier alpha value is -4.36. The number of aryl methyl sites for hydroxylation is 1. The maximum absolute atomic E-state index is 14.0. The lowest BCUT2D eigenvalue weighted by molar-refractivity contribution is 0.262. The van der Waals surface area contributed by atoms with Crippen molar-refractivity contribution >= 4 is 27.3 Å². The van der Waals surface area contributed by atoms with Crippen molar-refractivity contribution in [3.05, 3.63) is 84.6 Å². The molecule has 2 atom stereocenters. The van der Waals surface area contributed by atoms with Crippen LogP contribution in [-0.2, 0) is 23.0 Å². The summed E-state index contributed by atoms with van der Waals surface area (Å²) in [7, 11) is -3.94. The second-order valence-electron chi connectivity index (χ2n) is 10.3. The van der Waals surface area contributed by atoms with Gasteiger partial charge in [0, 0.05) is 49.3 Å². The van der Waals surface area contributed by atoms with Gasteiger partial charge in [0.2, 0.25) is 0 Å². The Labute approximate surface area is 244 Å². The number of piperidine rings is 1. The summed E-state index contributed by atoms with van der Waals surface area (Å²) in [4.78, 5) is 15.5. The van der Waals surface area contributed by atoms with Crippen LogP contribution < -0.4 is 10.2 Å². The van der Waals surface area contributed by atoms with Crippen molar-refractivity contribution in [2.75, 3.05) is 23.4 Å². The summed E-state index contributed by atoms with van der Waals surface area (Å²) in [5, 5.41) is 21.6. The predicted molar refractivity (Wildman–Crippen MR) is 160 cm³/mol. The summed E-state index contributed by atoms with van der Waals surface area (Å²) in [6, 6.07) is 14.5. The fourth-order valence-corrected chi connectivity index (χ4v) is 7.36. The van der Waals surface area contributed by atoms with E-state index in [4.69, 9.17) is 4.98 Å². The summed E-state index contributed by atoms with van der Waals surface area (Å²) in [6.07, 6.45) is 8.68. The molecule has 2 N–H and O–H groups in total. The van der Waals surface area contributed by atoms with E-state index >= 15 is 0 Å². The molecular weight excluding hydrogens is 554 g/mol. The average Bonchev–Trinajstić information content (AvgIpc) is 3.69. The van der Waals surface area contributed by atoms with Gasteiger partial charge in [0.1, 0.15) is 23.2 Å². The van der Waals surface area contributed by atoms with E-state index in [1.54, 1.807) is 16.9 Å². The van der Waals surface area contributed by atoms with Gasteiger partial charge in [-0.25, -0.2) is 18.4 Å². The number of fused-ring (bicyclic) bond motifs is 1. The molecule has 0 amide bonds. The highest BCUT2D eigenvalue weighted by Crippen LogP contribution is 2.33. The number of pyridine rings is 1. The summed E-state index contributed by atoms with van der Waals surface area (Å²) in [6.45, 7) is 3.01. The topological polar surface area (TPSA) is 143 Å². The third-order valence-electron chi connectivity index (χ3n) is 7.69. The lowest BCUT2D eigenvalue weighted by Crippen LogP contribution is -2.53. The first kappa shape index (κ1) is 27.8. The second kappa shape index (κ2) is 11.9. The Bertz CT molecular complexity index is 1760. The number of aliphatic hydroxyl groups excluding tert-OH is 1. The molecule has 2 unspecified atom stereocenters. The normalized spacial score (nSPS) is 17.5. The van der Waals surface area contributed by atoms with E-state index in [0.29, 0.717) is 43.2 Å². The molecule has 12 nitrogen and oxygen atoms in total. The van der Waals surface area contributed by atoms with Crippen LogP contribution in [0, 0.1) is 0 Å². The van der Waals surface area contributed by atoms with Crippen molar-refractivity contribution in [3.8, 4) is 11.4 Å². The van der Waals surface area contributed by atoms with Crippen molar-refractivity contribution < 1.29 is 13.5 Å². The summed E-state index contributed by atoms with van der Waals surface area (Å²) in [5.74, 6) is 1.71. The van der Waals surface area contributed by atoms with Crippen molar-refractivity contribution in [1.29, 1.82) is 0 Å². The summed E-state index contributed by atoms with van der Waals surface area (Å²) < 4.78 is 30.7. The molecule has 0 spiro atoms. The third-order valence-corrected chi connectivity index (χ3v) is 9.70. The van der Waals surface area contributed by atoms with Gasteiger partial charge in [-0.1, -0.05) is 43.3 Å². The van der Waals surface area contributed by atoms with Gasteiger partial charge in [-0.05, 0) is 37.3 Å². The van der Waals surface area contributed by atoms with E-state index in [2.05, 4.69) is 25.5 Å². The molecule has 1 aliphatic heterocycles. The van der Waals surface area contributed by atoms with Gasteiger partial charge in [-0.15, -0.1) is 9.19 Å². The zero-order chi connectivity index (χ0) is 29.1. The fraction of sp³-hybridized carbons (Fsp3) is 0.345. The minimum atomic E-state index is -3.94. The van der Waals surface area contributed by atoms with Crippen LogP contribution in [-0.4, -0.2) is 71.7 Å².